The van der Waals surface area contributed by atoms with Gasteiger partial charge in [0.05, 0.1) is 0 Å². The molecule has 2 N–H and O–H groups in total. The van der Waals surface area contributed by atoms with E-state index in [2.05, 4.69) is 31.2 Å². The van der Waals surface area contributed by atoms with Crippen LogP contribution in [0.15, 0.2) is 24.3 Å². The molecule has 0 heterocycles. The van der Waals surface area contributed by atoms with Crippen LogP contribution in [0.5, 0.6) is 0 Å². The molecule has 17 heavy (non-hydrogen) atoms. The molecule has 1 fully saturated rings. The molecule has 94 valence electrons. The highest BCUT2D eigenvalue weighted by Gasteiger charge is 2.17. The highest BCUT2D eigenvalue weighted by Crippen LogP contribution is 2.28. The molecule has 1 aliphatic rings. The SMILES string of the molecule is Cc1ccc(CCC(N)CC2CCCC2)cc1. The van der Waals surface area contributed by atoms with Gasteiger partial charge in [0.2, 0.25) is 0 Å². The van der Waals surface area contributed by atoms with Crippen LogP contribution in [0.3, 0.4) is 0 Å². The molecule has 1 atom stereocenters. The Bertz CT molecular complexity index is 322. The van der Waals surface area contributed by atoms with Gasteiger partial charge in [-0.1, -0.05) is 55.5 Å². The molecule has 0 bridgehead atoms. The topological polar surface area (TPSA) is 26.0 Å². The van der Waals surface area contributed by atoms with Crippen molar-refractivity contribution in [3.63, 3.8) is 0 Å². The number of hydrogen-bond acceptors (Lipinski definition) is 1. The Hall–Kier alpha value is -0.820. The van der Waals surface area contributed by atoms with Gasteiger partial charge in [0.25, 0.3) is 0 Å². The molecule has 0 aromatic heterocycles. The number of benzene rings is 1. The molecular formula is C16H25N. The fourth-order valence-electron chi connectivity index (χ4n) is 2.90. The van der Waals surface area contributed by atoms with Gasteiger partial charge in [0.1, 0.15) is 0 Å². The lowest BCUT2D eigenvalue weighted by Gasteiger charge is -2.16. The summed E-state index contributed by atoms with van der Waals surface area (Å²) in [6.45, 7) is 2.13. The molecule has 0 amide bonds. The van der Waals surface area contributed by atoms with Crippen LogP contribution in [0, 0.1) is 12.8 Å². The molecule has 1 aromatic rings. The minimum Gasteiger partial charge on any atom is -0.328 e. The number of nitrogens with two attached hydrogens (primary N) is 1. The summed E-state index contributed by atoms with van der Waals surface area (Å²) in [5, 5.41) is 0. The first-order valence-electron chi connectivity index (χ1n) is 7.05. The van der Waals surface area contributed by atoms with Crippen LogP contribution in [0.25, 0.3) is 0 Å². The average Bonchev–Trinajstić information content (AvgIpc) is 2.81. The van der Waals surface area contributed by atoms with Crippen molar-refractivity contribution in [2.75, 3.05) is 0 Å². The second-order valence-corrected chi connectivity index (χ2v) is 5.67. The van der Waals surface area contributed by atoms with Crippen LogP contribution in [-0.2, 0) is 6.42 Å². The fraction of sp³-hybridized carbons (Fsp3) is 0.625. The monoisotopic (exact) mass is 231 g/mol. The van der Waals surface area contributed by atoms with Gasteiger partial charge in [0, 0.05) is 6.04 Å². The van der Waals surface area contributed by atoms with E-state index in [1.54, 1.807) is 0 Å². The Morgan fingerprint density at radius 3 is 2.47 bits per heavy atom. The zero-order valence-corrected chi connectivity index (χ0v) is 11.0. The summed E-state index contributed by atoms with van der Waals surface area (Å²) in [6, 6.07) is 9.25. The van der Waals surface area contributed by atoms with Crippen molar-refractivity contribution in [1.82, 2.24) is 0 Å². The zero-order chi connectivity index (χ0) is 12.1. The first kappa shape index (κ1) is 12.6. The van der Waals surface area contributed by atoms with Crippen LogP contribution in [0.2, 0.25) is 0 Å². The Balaban J connectivity index is 1.71. The van der Waals surface area contributed by atoms with Crippen LogP contribution < -0.4 is 5.73 Å². The average molecular weight is 231 g/mol. The largest absolute Gasteiger partial charge is 0.328 e. The van der Waals surface area contributed by atoms with Gasteiger partial charge >= 0.3 is 0 Å². The Morgan fingerprint density at radius 2 is 1.82 bits per heavy atom. The van der Waals surface area contributed by atoms with Crippen molar-refractivity contribution in [1.29, 1.82) is 0 Å². The van der Waals surface area contributed by atoms with Crippen molar-refractivity contribution in [2.24, 2.45) is 11.7 Å². The highest BCUT2D eigenvalue weighted by atomic mass is 14.6. The van der Waals surface area contributed by atoms with E-state index in [1.165, 1.54) is 43.2 Å². The van der Waals surface area contributed by atoms with Gasteiger partial charge in [-0.15, -0.1) is 0 Å². The maximum Gasteiger partial charge on any atom is 0.00446 e. The third kappa shape index (κ3) is 4.16. The Morgan fingerprint density at radius 1 is 1.18 bits per heavy atom. The van der Waals surface area contributed by atoms with E-state index in [-0.39, 0.29) is 0 Å². The quantitative estimate of drug-likeness (QED) is 0.818. The second-order valence-electron chi connectivity index (χ2n) is 5.67. The van der Waals surface area contributed by atoms with Crippen molar-refractivity contribution >= 4 is 0 Å². The molecule has 0 spiro atoms. The van der Waals surface area contributed by atoms with Gasteiger partial charge < -0.3 is 5.73 Å². The van der Waals surface area contributed by atoms with E-state index < -0.39 is 0 Å². The summed E-state index contributed by atoms with van der Waals surface area (Å²) in [5.41, 5.74) is 9.00. The molecule has 1 unspecified atom stereocenters. The number of rotatable bonds is 5. The highest BCUT2D eigenvalue weighted by molar-refractivity contribution is 5.21. The fourth-order valence-corrected chi connectivity index (χ4v) is 2.90. The molecule has 0 aliphatic heterocycles. The molecule has 1 heteroatoms. The van der Waals surface area contributed by atoms with Crippen molar-refractivity contribution in [3.05, 3.63) is 35.4 Å². The summed E-state index contributed by atoms with van der Waals surface area (Å²) in [5.74, 6) is 0.919. The zero-order valence-electron chi connectivity index (χ0n) is 11.0. The lowest BCUT2D eigenvalue weighted by atomic mass is 9.95. The van der Waals surface area contributed by atoms with E-state index in [1.807, 2.05) is 0 Å². The summed E-state index contributed by atoms with van der Waals surface area (Å²) in [4.78, 5) is 0. The maximum absolute atomic E-state index is 6.23. The third-order valence-corrected chi connectivity index (χ3v) is 4.04. The standard InChI is InChI=1S/C16H25N/c1-13-6-8-14(9-7-13)10-11-16(17)12-15-4-2-3-5-15/h6-9,15-16H,2-5,10-12,17H2,1H3. The molecule has 1 saturated carbocycles. The van der Waals surface area contributed by atoms with E-state index in [0.717, 1.165) is 18.8 Å². The molecule has 2 rings (SSSR count). The summed E-state index contributed by atoms with van der Waals surface area (Å²) in [6.07, 6.45) is 9.20. The van der Waals surface area contributed by atoms with Gasteiger partial charge in [-0.2, -0.15) is 0 Å². The van der Waals surface area contributed by atoms with E-state index in [9.17, 15) is 0 Å². The predicted molar refractivity (Wildman–Crippen MR) is 74.1 cm³/mol. The van der Waals surface area contributed by atoms with Crippen LogP contribution in [-0.4, -0.2) is 6.04 Å². The third-order valence-electron chi connectivity index (χ3n) is 4.04. The second kappa shape index (κ2) is 6.20. The Kier molecular flexibility index (Phi) is 4.61. The molecular weight excluding hydrogens is 206 g/mol. The molecule has 1 nitrogen and oxygen atoms in total. The van der Waals surface area contributed by atoms with Crippen molar-refractivity contribution in [2.45, 2.75) is 57.9 Å². The number of aryl methyl sites for hydroxylation is 2. The van der Waals surface area contributed by atoms with Crippen molar-refractivity contribution in [3.8, 4) is 0 Å². The molecule has 1 aliphatic carbocycles. The number of hydrogen-bond donors (Lipinski definition) is 1. The van der Waals surface area contributed by atoms with E-state index in [0.29, 0.717) is 6.04 Å². The molecule has 1 aromatic carbocycles. The smallest absolute Gasteiger partial charge is 0.00446 e. The van der Waals surface area contributed by atoms with Crippen molar-refractivity contribution < 1.29 is 0 Å². The lowest BCUT2D eigenvalue weighted by molar-refractivity contribution is 0.427. The van der Waals surface area contributed by atoms with Crippen LogP contribution >= 0.6 is 0 Å². The summed E-state index contributed by atoms with van der Waals surface area (Å²) < 4.78 is 0. The molecule has 0 saturated heterocycles. The predicted octanol–water partition coefficient (Wildman–Crippen LogP) is 3.84. The minimum absolute atomic E-state index is 0.402. The van der Waals surface area contributed by atoms with E-state index >= 15 is 0 Å². The van der Waals surface area contributed by atoms with E-state index in [4.69, 9.17) is 5.73 Å². The molecule has 0 radical (unpaired) electrons. The normalized spacial score (nSPS) is 18.5. The first-order chi connectivity index (χ1) is 8.24. The van der Waals surface area contributed by atoms with Gasteiger partial charge in [-0.05, 0) is 37.7 Å². The minimum atomic E-state index is 0.402. The first-order valence-corrected chi connectivity index (χ1v) is 7.05. The summed E-state index contributed by atoms with van der Waals surface area (Å²) >= 11 is 0. The van der Waals surface area contributed by atoms with Crippen LogP contribution in [0.4, 0.5) is 0 Å². The van der Waals surface area contributed by atoms with Gasteiger partial charge in [-0.3, -0.25) is 0 Å². The maximum atomic E-state index is 6.23. The summed E-state index contributed by atoms with van der Waals surface area (Å²) in [7, 11) is 0. The van der Waals surface area contributed by atoms with Gasteiger partial charge in [-0.25, -0.2) is 0 Å². The van der Waals surface area contributed by atoms with Gasteiger partial charge in [0.15, 0.2) is 0 Å². The van der Waals surface area contributed by atoms with Crippen LogP contribution in [0.1, 0.15) is 49.7 Å². The Labute approximate surface area is 105 Å². The lowest BCUT2D eigenvalue weighted by Crippen LogP contribution is -2.23.